The van der Waals surface area contributed by atoms with Crippen molar-refractivity contribution in [3.8, 4) is 11.5 Å². The molecule has 1 N–H and O–H groups in total. The van der Waals surface area contributed by atoms with Crippen LogP contribution in [-0.4, -0.2) is 26.8 Å². The van der Waals surface area contributed by atoms with Crippen LogP contribution in [0.4, 0.5) is 0 Å². The lowest BCUT2D eigenvalue weighted by Gasteiger charge is -2.19. The van der Waals surface area contributed by atoms with Gasteiger partial charge in [-0.15, -0.1) is 0 Å². The number of methoxy groups -OCH3 is 1. The molecule has 3 heteroatoms. The van der Waals surface area contributed by atoms with Gasteiger partial charge in [0.05, 0.1) is 13.7 Å². The predicted molar refractivity (Wildman–Crippen MR) is 94.1 cm³/mol. The lowest BCUT2D eigenvalue weighted by Crippen LogP contribution is -2.30. The molecule has 0 fully saturated rings. The Labute approximate surface area is 137 Å². The van der Waals surface area contributed by atoms with Crippen molar-refractivity contribution >= 4 is 6.08 Å². The Kier molecular flexibility index (Phi) is 4.99. The van der Waals surface area contributed by atoms with Gasteiger partial charge in [0, 0.05) is 18.0 Å². The highest BCUT2D eigenvalue weighted by Crippen LogP contribution is 2.30. The van der Waals surface area contributed by atoms with Crippen molar-refractivity contribution in [3.05, 3.63) is 65.2 Å². The average molecular weight is 309 g/mol. The Morgan fingerprint density at radius 2 is 2.00 bits per heavy atom. The van der Waals surface area contributed by atoms with Gasteiger partial charge in [-0.1, -0.05) is 36.4 Å². The van der Waals surface area contributed by atoms with Crippen LogP contribution in [0.1, 0.15) is 17.5 Å². The summed E-state index contributed by atoms with van der Waals surface area (Å²) in [5.74, 6) is 1.78. The van der Waals surface area contributed by atoms with E-state index < -0.39 is 0 Å². The summed E-state index contributed by atoms with van der Waals surface area (Å²) < 4.78 is 11.2. The molecule has 3 nitrogen and oxygen atoms in total. The van der Waals surface area contributed by atoms with Gasteiger partial charge in [-0.05, 0) is 42.8 Å². The molecule has 120 valence electrons. The van der Waals surface area contributed by atoms with Gasteiger partial charge >= 0.3 is 0 Å². The molecule has 0 aliphatic carbocycles. The van der Waals surface area contributed by atoms with E-state index >= 15 is 0 Å². The lowest BCUT2D eigenvalue weighted by atomic mass is 9.95. The first-order valence-corrected chi connectivity index (χ1v) is 8.02. The third-order valence-electron chi connectivity index (χ3n) is 4.28. The van der Waals surface area contributed by atoms with Gasteiger partial charge in [-0.2, -0.15) is 0 Å². The first-order chi connectivity index (χ1) is 11.3. The second-order valence-electron chi connectivity index (χ2n) is 5.75. The van der Waals surface area contributed by atoms with E-state index in [9.17, 15) is 0 Å². The van der Waals surface area contributed by atoms with Crippen LogP contribution in [-0.2, 0) is 6.42 Å². The van der Waals surface area contributed by atoms with Crippen LogP contribution >= 0.6 is 0 Å². The van der Waals surface area contributed by atoms with Crippen LogP contribution in [0.25, 0.3) is 6.08 Å². The molecule has 0 aromatic heterocycles. The van der Waals surface area contributed by atoms with E-state index in [0.29, 0.717) is 12.6 Å². The van der Waals surface area contributed by atoms with E-state index in [-0.39, 0.29) is 0 Å². The van der Waals surface area contributed by atoms with Crippen LogP contribution in [0.5, 0.6) is 11.5 Å². The number of benzene rings is 2. The lowest BCUT2D eigenvalue weighted by molar-refractivity contribution is 0.319. The molecule has 2 aromatic rings. The number of ether oxygens (including phenoxy) is 2. The average Bonchev–Trinajstić information content (AvgIpc) is 2.82. The summed E-state index contributed by atoms with van der Waals surface area (Å²) >= 11 is 0. The molecule has 0 saturated heterocycles. The Bertz CT molecular complexity index is 679. The summed E-state index contributed by atoms with van der Waals surface area (Å²) in [6.07, 6.45) is 4.15. The Morgan fingerprint density at radius 3 is 2.74 bits per heavy atom. The fourth-order valence-corrected chi connectivity index (χ4v) is 2.99. The summed E-state index contributed by atoms with van der Waals surface area (Å²) in [4.78, 5) is 0. The third-order valence-corrected chi connectivity index (χ3v) is 4.28. The molecule has 1 aliphatic rings. The predicted octanol–water partition coefficient (Wildman–Crippen LogP) is 3.69. The number of nitrogens with one attached hydrogen (secondary N) is 1. The van der Waals surface area contributed by atoms with E-state index in [0.717, 1.165) is 29.9 Å². The van der Waals surface area contributed by atoms with Crippen molar-refractivity contribution < 1.29 is 9.47 Å². The van der Waals surface area contributed by atoms with Crippen LogP contribution < -0.4 is 14.8 Å². The molecule has 1 atom stereocenters. The van der Waals surface area contributed by atoms with Crippen LogP contribution in [0.15, 0.2) is 54.1 Å². The number of hydrogen-bond donors (Lipinski definition) is 1. The Morgan fingerprint density at radius 1 is 1.17 bits per heavy atom. The van der Waals surface area contributed by atoms with Crippen molar-refractivity contribution in [2.24, 2.45) is 0 Å². The maximum Gasteiger partial charge on any atom is 0.126 e. The molecule has 0 saturated carbocycles. The molecule has 1 aliphatic heterocycles. The number of rotatable bonds is 5. The highest BCUT2D eigenvalue weighted by atomic mass is 16.5. The second-order valence-corrected chi connectivity index (χ2v) is 5.75. The molecule has 1 unspecified atom stereocenters. The minimum atomic E-state index is 0.304. The van der Waals surface area contributed by atoms with Gasteiger partial charge in [-0.25, -0.2) is 0 Å². The van der Waals surface area contributed by atoms with Crippen LogP contribution in [0.2, 0.25) is 0 Å². The molecule has 3 rings (SSSR count). The molecule has 0 radical (unpaired) electrons. The molecule has 23 heavy (non-hydrogen) atoms. The Hall–Kier alpha value is -2.26. The van der Waals surface area contributed by atoms with Crippen molar-refractivity contribution in [2.45, 2.75) is 18.9 Å². The summed E-state index contributed by atoms with van der Waals surface area (Å²) in [5.41, 5.74) is 3.79. The van der Waals surface area contributed by atoms with E-state index in [2.05, 4.69) is 41.7 Å². The largest absolute Gasteiger partial charge is 0.497 e. The zero-order chi connectivity index (χ0) is 16.1. The molecule has 2 aromatic carbocycles. The minimum absolute atomic E-state index is 0.304. The van der Waals surface area contributed by atoms with Gasteiger partial charge in [0.2, 0.25) is 0 Å². The smallest absolute Gasteiger partial charge is 0.126 e. The highest BCUT2D eigenvalue weighted by molar-refractivity contribution is 5.63. The van der Waals surface area contributed by atoms with Crippen LogP contribution in [0.3, 0.4) is 0 Å². The first-order valence-electron chi connectivity index (χ1n) is 8.02. The highest BCUT2D eigenvalue weighted by Gasteiger charge is 2.17. The van der Waals surface area contributed by atoms with Gasteiger partial charge < -0.3 is 14.8 Å². The maximum absolute atomic E-state index is 5.89. The van der Waals surface area contributed by atoms with Crippen LogP contribution in [0, 0.1) is 0 Å². The molecule has 0 spiro atoms. The van der Waals surface area contributed by atoms with E-state index in [4.69, 9.17) is 9.47 Å². The maximum atomic E-state index is 5.89. The monoisotopic (exact) mass is 309 g/mol. The summed E-state index contributed by atoms with van der Waals surface area (Å²) in [7, 11) is 3.71. The van der Waals surface area contributed by atoms with Gasteiger partial charge in [0.25, 0.3) is 0 Å². The normalized spacial score (nSPS) is 15.0. The van der Waals surface area contributed by atoms with Gasteiger partial charge in [0.1, 0.15) is 11.5 Å². The van der Waals surface area contributed by atoms with Gasteiger partial charge in [-0.3, -0.25) is 0 Å². The Balaban J connectivity index is 1.88. The van der Waals surface area contributed by atoms with Crippen molar-refractivity contribution in [2.75, 3.05) is 20.8 Å². The molecular formula is C20H23NO2. The van der Waals surface area contributed by atoms with E-state index in [1.807, 2.05) is 25.2 Å². The summed E-state index contributed by atoms with van der Waals surface area (Å²) in [6.45, 7) is 0.706. The molecular weight excluding hydrogens is 286 g/mol. The second kappa shape index (κ2) is 7.34. The van der Waals surface area contributed by atoms with Crippen molar-refractivity contribution in [1.82, 2.24) is 5.32 Å². The third kappa shape index (κ3) is 3.74. The summed E-state index contributed by atoms with van der Waals surface area (Å²) in [5, 5.41) is 3.45. The van der Waals surface area contributed by atoms with Gasteiger partial charge in [0.15, 0.2) is 0 Å². The molecule has 0 amide bonds. The van der Waals surface area contributed by atoms with E-state index in [1.165, 1.54) is 11.1 Å². The zero-order valence-electron chi connectivity index (χ0n) is 13.7. The first kappa shape index (κ1) is 15.6. The topological polar surface area (TPSA) is 30.5 Å². The number of fused-ring (bicyclic) bond motifs is 1. The number of hydrogen-bond acceptors (Lipinski definition) is 3. The SMILES string of the molecule is CNC(Cc1ccccc1)C1=Cc2cc(OC)ccc2OCC1. The zero-order valence-corrected chi connectivity index (χ0v) is 13.7. The molecule has 0 bridgehead atoms. The standard InChI is InChI=1S/C20H23NO2/c1-21-19(12-15-6-4-3-5-7-15)16-10-11-23-20-9-8-18(22-2)14-17(20)13-16/h3-9,13-14,19,21H,10-12H2,1-2H3. The minimum Gasteiger partial charge on any atom is -0.497 e. The molecule has 1 heterocycles. The van der Waals surface area contributed by atoms with Crippen molar-refractivity contribution in [1.29, 1.82) is 0 Å². The summed E-state index contributed by atoms with van der Waals surface area (Å²) in [6, 6.07) is 16.9. The fourth-order valence-electron chi connectivity index (χ4n) is 2.99. The van der Waals surface area contributed by atoms with Crippen molar-refractivity contribution in [3.63, 3.8) is 0 Å². The quantitative estimate of drug-likeness (QED) is 0.913. The van der Waals surface area contributed by atoms with E-state index in [1.54, 1.807) is 7.11 Å². The number of likely N-dealkylation sites (N-methyl/N-ethyl adjacent to an activating group) is 1. The fraction of sp³-hybridized carbons (Fsp3) is 0.300.